The van der Waals surface area contributed by atoms with Crippen molar-refractivity contribution in [1.29, 1.82) is 0 Å². The summed E-state index contributed by atoms with van der Waals surface area (Å²) in [4.78, 5) is 14.7. The van der Waals surface area contributed by atoms with E-state index in [4.69, 9.17) is 4.74 Å². The summed E-state index contributed by atoms with van der Waals surface area (Å²) in [5, 5.41) is 4.50. The fourth-order valence-electron chi connectivity index (χ4n) is 4.38. The van der Waals surface area contributed by atoms with Gasteiger partial charge in [-0.25, -0.2) is 9.48 Å². The monoisotopic (exact) mass is 336 g/mol. The molecule has 24 heavy (non-hydrogen) atoms. The second kappa shape index (κ2) is 7.00. The highest BCUT2D eigenvalue weighted by Gasteiger charge is 2.31. The Hall–Kier alpha value is -1.14. The van der Waals surface area contributed by atoms with Gasteiger partial charge in [0.25, 0.3) is 0 Å². The summed E-state index contributed by atoms with van der Waals surface area (Å²) in [5.74, 6) is 2.15. The second-order valence-corrected chi connectivity index (χ2v) is 8.05. The Morgan fingerprint density at radius 2 is 1.96 bits per heavy atom. The van der Waals surface area contributed by atoms with Gasteiger partial charge >= 0.3 is 5.69 Å². The summed E-state index contributed by atoms with van der Waals surface area (Å²) in [6.07, 6.45) is 4.54. The predicted molar refractivity (Wildman–Crippen MR) is 94.3 cm³/mol. The van der Waals surface area contributed by atoms with E-state index in [-0.39, 0.29) is 11.3 Å². The van der Waals surface area contributed by atoms with E-state index in [9.17, 15) is 4.79 Å². The predicted octanol–water partition coefficient (Wildman–Crippen LogP) is 1.99. The molecule has 0 bridgehead atoms. The SMILES string of the molecule is CCn1c(C2CCN(C[C@H]3CCOC(C)(C)C3)CC2)nn(C)c1=O. The summed E-state index contributed by atoms with van der Waals surface area (Å²) in [7, 11) is 1.75. The highest BCUT2D eigenvalue weighted by atomic mass is 16.5. The molecule has 0 aliphatic carbocycles. The van der Waals surface area contributed by atoms with Crippen molar-refractivity contribution in [1.82, 2.24) is 19.2 Å². The standard InChI is InChI=1S/C18H32N4O2/c1-5-22-16(19-20(4)17(22)23)15-6-9-21(10-7-15)13-14-8-11-24-18(2,3)12-14/h14-15H,5-13H2,1-4H3/t14-/m0/s1. The maximum absolute atomic E-state index is 12.1. The van der Waals surface area contributed by atoms with E-state index in [1.165, 1.54) is 17.6 Å². The van der Waals surface area contributed by atoms with Crippen LogP contribution in [0.25, 0.3) is 0 Å². The maximum atomic E-state index is 12.1. The topological polar surface area (TPSA) is 52.3 Å². The van der Waals surface area contributed by atoms with Crippen molar-refractivity contribution in [3.8, 4) is 0 Å². The van der Waals surface area contributed by atoms with Crippen LogP contribution in [-0.2, 0) is 18.3 Å². The molecule has 1 atom stereocenters. The van der Waals surface area contributed by atoms with E-state index in [0.717, 1.165) is 50.7 Å². The van der Waals surface area contributed by atoms with Crippen molar-refractivity contribution in [3.05, 3.63) is 16.3 Å². The van der Waals surface area contributed by atoms with Gasteiger partial charge in [-0.2, -0.15) is 5.10 Å². The molecule has 6 nitrogen and oxygen atoms in total. The van der Waals surface area contributed by atoms with Gasteiger partial charge in [0, 0.05) is 32.7 Å². The molecule has 3 rings (SSSR count). The van der Waals surface area contributed by atoms with Gasteiger partial charge in [-0.15, -0.1) is 0 Å². The van der Waals surface area contributed by atoms with Crippen molar-refractivity contribution in [2.75, 3.05) is 26.2 Å². The molecule has 1 aromatic rings. The quantitative estimate of drug-likeness (QED) is 0.844. The highest BCUT2D eigenvalue weighted by molar-refractivity contribution is 5.00. The molecule has 2 saturated heterocycles. The van der Waals surface area contributed by atoms with Crippen molar-refractivity contribution >= 4 is 0 Å². The molecule has 0 amide bonds. The van der Waals surface area contributed by atoms with Crippen LogP contribution in [0, 0.1) is 5.92 Å². The molecular formula is C18H32N4O2. The number of hydrogen-bond donors (Lipinski definition) is 0. The molecule has 2 aliphatic rings. The third-order valence-electron chi connectivity index (χ3n) is 5.62. The van der Waals surface area contributed by atoms with E-state index in [0.29, 0.717) is 12.5 Å². The Labute approximate surface area is 144 Å². The lowest BCUT2D eigenvalue weighted by atomic mass is 9.87. The number of aromatic nitrogens is 3. The number of rotatable bonds is 4. The first-order valence-corrected chi connectivity index (χ1v) is 9.39. The largest absolute Gasteiger partial charge is 0.376 e. The molecule has 0 aromatic carbocycles. The van der Waals surface area contributed by atoms with E-state index in [1.54, 1.807) is 7.05 Å². The number of likely N-dealkylation sites (tertiary alicyclic amines) is 1. The van der Waals surface area contributed by atoms with E-state index in [2.05, 4.69) is 23.8 Å². The third-order valence-corrected chi connectivity index (χ3v) is 5.62. The van der Waals surface area contributed by atoms with Gasteiger partial charge in [0.2, 0.25) is 0 Å². The first-order valence-electron chi connectivity index (χ1n) is 9.39. The molecule has 2 fully saturated rings. The van der Waals surface area contributed by atoms with E-state index in [1.807, 2.05) is 11.5 Å². The van der Waals surface area contributed by atoms with Gasteiger partial charge < -0.3 is 9.64 Å². The Morgan fingerprint density at radius 3 is 2.58 bits per heavy atom. The van der Waals surface area contributed by atoms with Crippen molar-refractivity contribution in [2.45, 2.75) is 64.5 Å². The van der Waals surface area contributed by atoms with Crippen LogP contribution < -0.4 is 5.69 Å². The van der Waals surface area contributed by atoms with Crippen LogP contribution in [-0.4, -0.2) is 51.1 Å². The fraction of sp³-hybridized carbons (Fsp3) is 0.889. The summed E-state index contributed by atoms with van der Waals surface area (Å²) < 4.78 is 9.15. The number of ether oxygens (including phenoxy) is 1. The van der Waals surface area contributed by atoms with Crippen molar-refractivity contribution < 1.29 is 4.74 Å². The zero-order valence-electron chi connectivity index (χ0n) is 15.6. The van der Waals surface area contributed by atoms with Gasteiger partial charge in [0.15, 0.2) is 0 Å². The molecular weight excluding hydrogens is 304 g/mol. The first-order chi connectivity index (χ1) is 11.4. The molecule has 0 radical (unpaired) electrons. The highest BCUT2D eigenvalue weighted by Crippen LogP contribution is 2.31. The van der Waals surface area contributed by atoms with E-state index < -0.39 is 0 Å². The van der Waals surface area contributed by atoms with Crippen LogP contribution in [0.1, 0.15) is 58.2 Å². The van der Waals surface area contributed by atoms with E-state index >= 15 is 0 Å². The Balaban J connectivity index is 1.56. The lowest BCUT2D eigenvalue weighted by Crippen LogP contribution is -2.42. The Kier molecular flexibility index (Phi) is 5.16. The average molecular weight is 336 g/mol. The lowest BCUT2D eigenvalue weighted by Gasteiger charge is -2.39. The van der Waals surface area contributed by atoms with Gasteiger partial charge in [0.1, 0.15) is 5.82 Å². The number of hydrogen-bond acceptors (Lipinski definition) is 4. The summed E-state index contributed by atoms with van der Waals surface area (Å²) >= 11 is 0. The minimum absolute atomic E-state index is 0.0133. The third kappa shape index (κ3) is 3.75. The maximum Gasteiger partial charge on any atom is 0.345 e. The van der Waals surface area contributed by atoms with Crippen LogP contribution in [0.4, 0.5) is 0 Å². The second-order valence-electron chi connectivity index (χ2n) is 8.05. The molecule has 0 unspecified atom stereocenters. The smallest absolute Gasteiger partial charge is 0.345 e. The minimum atomic E-state index is 0.0133. The molecule has 3 heterocycles. The van der Waals surface area contributed by atoms with Gasteiger partial charge in [0.05, 0.1) is 5.60 Å². The van der Waals surface area contributed by atoms with Gasteiger partial charge in [-0.05, 0) is 65.5 Å². The number of aryl methyl sites for hydroxylation is 1. The molecule has 2 aliphatic heterocycles. The van der Waals surface area contributed by atoms with Gasteiger partial charge in [-0.3, -0.25) is 4.57 Å². The van der Waals surface area contributed by atoms with Crippen LogP contribution >= 0.6 is 0 Å². The number of piperidine rings is 1. The molecule has 0 saturated carbocycles. The minimum Gasteiger partial charge on any atom is -0.376 e. The Bertz CT molecular complexity index is 611. The molecule has 0 spiro atoms. The molecule has 6 heteroatoms. The lowest BCUT2D eigenvalue weighted by molar-refractivity contribution is -0.0775. The van der Waals surface area contributed by atoms with Crippen molar-refractivity contribution in [3.63, 3.8) is 0 Å². The van der Waals surface area contributed by atoms with Crippen LogP contribution in [0.15, 0.2) is 4.79 Å². The summed E-state index contributed by atoms with van der Waals surface area (Å²) in [6, 6.07) is 0. The summed E-state index contributed by atoms with van der Waals surface area (Å²) in [5.41, 5.74) is 0.0474. The first kappa shape index (κ1) is 17.7. The average Bonchev–Trinajstić information content (AvgIpc) is 2.82. The van der Waals surface area contributed by atoms with Gasteiger partial charge in [-0.1, -0.05) is 0 Å². The number of nitrogens with zero attached hydrogens (tertiary/aromatic N) is 4. The normalized spacial score (nSPS) is 25.9. The van der Waals surface area contributed by atoms with Crippen LogP contribution in [0.5, 0.6) is 0 Å². The molecule has 0 N–H and O–H groups in total. The molecule has 1 aromatic heterocycles. The molecule has 136 valence electrons. The van der Waals surface area contributed by atoms with Crippen molar-refractivity contribution in [2.24, 2.45) is 13.0 Å². The fourth-order valence-corrected chi connectivity index (χ4v) is 4.38. The zero-order valence-corrected chi connectivity index (χ0v) is 15.6. The van der Waals surface area contributed by atoms with Crippen LogP contribution in [0.3, 0.4) is 0 Å². The zero-order chi connectivity index (χ0) is 17.3. The summed E-state index contributed by atoms with van der Waals surface area (Å²) in [6.45, 7) is 11.4. The Morgan fingerprint density at radius 1 is 1.25 bits per heavy atom. The van der Waals surface area contributed by atoms with Crippen LogP contribution in [0.2, 0.25) is 0 Å².